The van der Waals surface area contributed by atoms with Crippen LogP contribution in [-0.2, 0) is 65.4 Å². The number of allylic oxidation sites excluding steroid dienone is 4. The number of hydrogen-bond donors (Lipinski definition) is 3. The van der Waals surface area contributed by atoms with Crippen LogP contribution in [0, 0.1) is 0 Å². The standard InChI is InChI=1S/C78H148O17P2/c1-5-9-13-17-21-25-29-32-34-35-36-38-41-45-49-53-57-61-65-78(83)95-74(69-89-76(81)63-59-55-51-47-43-40-37-33-30-26-22-18-14-10-6-2)71-93-97(86,87)91-67-72(79)66-90-96(84,85)92-70-73(68-88-75(80)62-58-54-50-46-42-28-24-20-16-12-8-4)94-77(82)64-60-56-52-48-44-39-31-27-23-19-15-11-7-3/h26,30,33,37,72-74,79H,5-25,27-29,31-32,34-36,38-71H2,1-4H3,(H,84,85)(H,86,87)/b30-26-,37-33-/t72-,73+,74+/m0/s1. The van der Waals surface area contributed by atoms with Crippen molar-refractivity contribution in [1.29, 1.82) is 0 Å². The summed E-state index contributed by atoms with van der Waals surface area (Å²) in [6, 6.07) is 0. The van der Waals surface area contributed by atoms with Crippen LogP contribution in [0.2, 0.25) is 0 Å². The van der Waals surface area contributed by atoms with Crippen LogP contribution in [0.1, 0.15) is 394 Å². The van der Waals surface area contributed by atoms with Crippen molar-refractivity contribution >= 4 is 39.5 Å². The first-order chi connectivity index (χ1) is 47.2. The highest BCUT2D eigenvalue weighted by atomic mass is 31.2. The maximum Gasteiger partial charge on any atom is 0.472 e. The van der Waals surface area contributed by atoms with Gasteiger partial charge in [0.2, 0.25) is 0 Å². The van der Waals surface area contributed by atoms with Crippen molar-refractivity contribution in [3.63, 3.8) is 0 Å². The molecule has 0 aromatic heterocycles. The topological polar surface area (TPSA) is 237 Å². The van der Waals surface area contributed by atoms with Gasteiger partial charge in [-0.15, -0.1) is 0 Å². The normalized spacial score (nSPS) is 14.0. The third kappa shape index (κ3) is 71.7. The van der Waals surface area contributed by atoms with Crippen LogP contribution < -0.4 is 0 Å². The molecule has 0 aliphatic rings. The van der Waals surface area contributed by atoms with Gasteiger partial charge in [-0.05, 0) is 51.4 Å². The molecule has 2 unspecified atom stereocenters. The Morgan fingerprint density at radius 2 is 0.495 bits per heavy atom. The van der Waals surface area contributed by atoms with E-state index in [1.165, 1.54) is 205 Å². The lowest BCUT2D eigenvalue weighted by atomic mass is 10.0. The van der Waals surface area contributed by atoms with Crippen molar-refractivity contribution in [3.05, 3.63) is 24.3 Å². The Bertz CT molecular complexity index is 1940. The van der Waals surface area contributed by atoms with Gasteiger partial charge in [0, 0.05) is 25.7 Å². The number of rotatable bonds is 77. The third-order valence-electron chi connectivity index (χ3n) is 17.7. The number of carbonyl (C=O) groups is 4. The molecule has 0 aliphatic carbocycles. The smallest absolute Gasteiger partial charge is 0.462 e. The molecule has 0 spiro atoms. The van der Waals surface area contributed by atoms with Crippen LogP contribution in [0.4, 0.5) is 0 Å². The minimum absolute atomic E-state index is 0.102. The monoisotopic (exact) mass is 1420 g/mol. The maximum absolute atomic E-state index is 13.1. The van der Waals surface area contributed by atoms with E-state index in [1.807, 2.05) is 0 Å². The van der Waals surface area contributed by atoms with Crippen molar-refractivity contribution in [2.24, 2.45) is 0 Å². The fourth-order valence-electron chi connectivity index (χ4n) is 11.6. The highest BCUT2D eigenvalue weighted by molar-refractivity contribution is 7.47. The number of unbranched alkanes of at least 4 members (excludes halogenated alkanes) is 48. The molecule has 572 valence electrons. The molecule has 0 rings (SSSR count). The lowest BCUT2D eigenvalue weighted by Gasteiger charge is -2.21. The van der Waals surface area contributed by atoms with Gasteiger partial charge < -0.3 is 33.8 Å². The number of aliphatic hydroxyl groups excluding tert-OH is 1. The SMILES string of the molecule is CCCCCC/C=C\C=C/CCCCCCCC(=O)OC[C@H](COP(=O)(O)OC[C@@H](O)COP(=O)(O)OC[C@@H](COC(=O)CCCCCCCCCCCCC)OC(=O)CCCCCCCCCCCCCCC)OC(=O)CCCCCCCCCCCCCCCCCCCC. The molecule has 5 atom stereocenters. The largest absolute Gasteiger partial charge is 0.472 e. The fraction of sp³-hybridized carbons (Fsp3) is 0.897. The Morgan fingerprint density at radius 3 is 0.753 bits per heavy atom. The molecule has 3 N–H and O–H groups in total. The van der Waals surface area contributed by atoms with E-state index in [4.69, 9.17) is 37.0 Å². The lowest BCUT2D eigenvalue weighted by molar-refractivity contribution is -0.161. The zero-order valence-corrected chi connectivity index (χ0v) is 64.3. The number of aliphatic hydroxyl groups is 1. The average Bonchev–Trinajstić information content (AvgIpc) is 2.33. The molecule has 0 aromatic carbocycles. The van der Waals surface area contributed by atoms with Crippen LogP contribution in [0.5, 0.6) is 0 Å². The van der Waals surface area contributed by atoms with E-state index in [1.54, 1.807) is 0 Å². The minimum Gasteiger partial charge on any atom is -0.462 e. The van der Waals surface area contributed by atoms with E-state index in [2.05, 4.69) is 52.0 Å². The molecule has 0 heterocycles. The van der Waals surface area contributed by atoms with Gasteiger partial charge >= 0.3 is 39.5 Å². The Kier molecular flexibility index (Phi) is 70.1. The van der Waals surface area contributed by atoms with E-state index < -0.39 is 97.5 Å². The van der Waals surface area contributed by atoms with E-state index in [9.17, 15) is 43.2 Å². The van der Waals surface area contributed by atoms with E-state index >= 15 is 0 Å². The minimum atomic E-state index is -4.97. The van der Waals surface area contributed by atoms with E-state index in [0.717, 1.165) is 109 Å². The van der Waals surface area contributed by atoms with Gasteiger partial charge in [-0.3, -0.25) is 37.3 Å². The van der Waals surface area contributed by atoms with Gasteiger partial charge in [-0.2, -0.15) is 0 Å². The summed E-state index contributed by atoms with van der Waals surface area (Å²) in [7, 11) is -9.92. The van der Waals surface area contributed by atoms with E-state index in [0.29, 0.717) is 25.7 Å². The van der Waals surface area contributed by atoms with Gasteiger partial charge in [-0.1, -0.05) is 341 Å². The molecule has 97 heavy (non-hydrogen) atoms. The molecule has 0 aliphatic heterocycles. The summed E-state index contributed by atoms with van der Waals surface area (Å²) >= 11 is 0. The maximum atomic E-state index is 13.1. The van der Waals surface area contributed by atoms with Crippen molar-refractivity contribution in [2.45, 2.75) is 412 Å². The van der Waals surface area contributed by atoms with E-state index in [-0.39, 0.29) is 25.7 Å². The summed E-state index contributed by atoms with van der Waals surface area (Å²) in [6.45, 7) is 4.94. The summed E-state index contributed by atoms with van der Waals surface area (Å²) in [5, 5.41) is 10.6. The van der Waals surface area contributed by atoms with Gasteiger partial charge in [0.25, 0.3) is 0 Å². The Hall–Kier alpha value is -2.46. The third-order valence-corrected chi connectivity index (χ3v) is 19.6. The molecular weight excluding hydrogens is 1270 g/mol. The van der Waals surface area contributed by atoms with Crippen molar-refractivity contribution in [2.75, 3.05) is 39.6 Å². The number of carbonyl (C=O) groups excluding carboxylic acids is 4. The van der Waals surface area contributed by atoms with Crippen LogP contribution in [0.25, 0.3) is 0 Å². The number of esters is 4. The first kappa shape index (κ1) is 94.5. The summed E-state index contributed by atoms with van der Waals surface area (Å²) in [5.74, 6) is -2.14. The second-order valence-corrected chi connectivity index (χ2v) is 30.3. The first-order valence-corrected chi connectivity index (χ1v) is 43.1. The number of ether oxygens (including phenoxy) is 4. The second kappa shape index (κ2) is 71.9. The molecule has 0 saturated carbocycles. The Labute approximate surface area is 592 Å². The van der Waals surface area contributed by atoms with Crippen LogP contribution in [0.3, 0.4) is 0 Å². The van der Waals surface area contributed by atoms with Crippen molar-refractivity contribution in [1.82, 2.24) is 0 Å². The molecule has 0 aromatic rings. The second-order valence-electron chi connectivity index (χ2n) is 27.4. The predicted octanol–water partition coefficient (Wildman–Crippen LogP) is 23.0. The number of phosphoric ester groups is 2. The zero-order valence-electron chi connectivity index (χ0n) is 62.5. The van der Waals surface area contributed by atoms with Gasteiger partial charge in [-0.25, -0.2) is 9.13 Å². The van der Waals surface area contributed by atoms with Gasteiger partial charge in [0.15, 0.2) is 12.2 Å². The quantitative estimate of drug-likeness (QED) is 0.0169. The van der Waals surface area contributed by atoms with Crippen molar-refractivity contribution in [3.8, 4) is 0 Å². The highest BCUT2D eigenvalue weighted by Crippen LogP contribution is 2.45. The first-order valence-electron chi connectivity index (χ1n) is 40.1. The molecule has 0 radical (unpaired) electrons. The number of hydrogen-bond acceptors (Lipinski definition) is 15. The predicted molar refractivity (Wildman–Crippen MR) is 395 cm³/mol. The Morgan fingerprint density at radius 1 is 0.289 bits per heavy atom. The average molecular weight is 1420 g/mol. The van der Waals surface area contributed by atoms with Crippen LogP contribution in [-0.4, -0.2) is 96.7 Å². The molecule has 0 saturated heterocycles. The zero-order chi connectivity index (χ0) is 71.1. The summed E-state index contributed by atoms with van der Waals surface area (Å²) in [4.78, 5) is 72.9. The fourth-order valence-corrected chi connectivity index (χ4v) is 13.1. The molecule has 0 fully saturated rings. The number of phosphoric acid groups is 2. The molecule has 17 nitrogen and oxygen atoms in total. The molecular formula is C78H148O17P2. The van der Waals surface area contributed by atoms with Crippen LogP contribution >= 0.6 is 15.6 Å². The van der Waals surface area contributed by atoms with Gasteiger partial charge in [0.1, 0.15) is 19.3 Å². The molecule has 19 heteroatoms. The molecule has 0 bridgehead atoms. The van der Waals surface area contributed by atoms with Crippen LogP contribution in [0.15, 0.2) is 24.3 Å². The van der Waals surface area contributed by atoms with Crippen molar-refractivity contribution < 1.29 is 80.2 Å². The summed E-state index contributed by atoms with van der Waals surface area (Å²) < 4.78 is 68.6. The van der Waals surface area contributed by atoms with Gasteiger partial charge in [0.05, 0.1) is 26.4 Å². The summed E-state index contributed by atoms with van der Waals surface area (Å²) in [5.41, 5.74) is 0. The molecule has 0 amide bonds. The lowest BCUT2D eigenvalue weighted by Crippen LogP contribution is -2.30. The highest BCUT2D eigenvalue weighted by Gasteiger charge is 2.30. The Balaban J connectivity index is 5.28. The summed E-state index contributed by atoms with van der Waals surface area (Å²) in [6.07, 6.45) is 65.8.